The number of ether oxygens (including phenoxy) is 1. The van der Waals surface area contributed by atoms with Gasteiger partial charge in [0.2, 0.25) is 0 Å². The first-order valence-electron chi connectivity index (χ1n) is 5.67. The molecule has 0 atom stereocenters. The highest BCUT2D eigenvalue weighted by atomic mass is 35.5. The standard InChI is InChI=1S/C14H8Cl3FO3/c15-9-4-11(17)13(5-10(9)16)21-6-8-2-1-7(14(19)20)3-12(8)18/h1-5H,6H2,(H,19,20). The number of rotatable bonds is 4. The van der Waals surface area contributed by atoms with Gasteiger partial charge >= 0.3 is 5.97 Å². The molecule has 2 rings (SSSR count). The highest BCUT2D eigenvalue weighted by Crippen LogP contribution is 2.34. The molecule has 3 nitrogen and oxygen atoms in total. The minimum atomic E-state index is -1.20. The Balaban J connectivity index is 2.17. The molecule has 2 aromatic carbocycles. The van der Waals surface area contributed by atoms with Crippen LogP contribution in [0.5, 0.6) is 5.75 Å². The number of halogens is 4. The fourth-order valence-electron chi connectivity index (χ4n) is 1.57. The van der Waals surface area contributed by atoms with Crippen molar-refractivity contribution in [2.45, 2.75) is 6.61 Å². The molecule has 0 saturated carbocycles. The maximum atomic E-state index is 13.7. The zero-order valence-corrected chi connectivity index (χ0v) is 12.6. The maximum absolute atomic E-state index is 13.7. The van der Waals surface area contributed by atoms with E-state index in [-0.39, 0.29) is 38.6 Å². The predicted octanol–water partition coefficient (Wildman–Crippen LogP) is 5.06. The van der Waals surface area contributed by atoms with Crippen molar-refractivity contribution in [1.82, 2.24) is 0 Å². The van der Waals surface area contributed by atoms with Crippen LogP contribution in [0.15, 0.2) is 30.3 Å². The van der Waals surface area contributed by atoms with Crippen molar-refractivity contribution >= 4 is 40.8 Å². The molecule has 1 N–H and O–H groups in total. The van der Waals surface area contributed by atoms with Crippen molar-refractivity contribution in [3.63, 3.8) is 0 Å². The molecule has 0 aliphatic carbocycles. The first-order valence-corrected chi connectivity index (χ1v) is 6.81. The van der Waals surface area contributed by atoms with E-state index in [1.54, 1.807) is 0 Å². The van der Waals surface area contributed by atoms with E-state index in [1.807, 2.05) is 0 Å². The normalized spacial score (nSPS) is 10.5. The smallest absolute Gasteiger partial charge is 0.335 e. The van der Waals surface area contributed by atoms with E-state index in [0.29, 0.717) is 0 Å². The molecule has 110 valence electrons. The van der Waals surface area contributed by atoms with E-state index in [9.17, 15) is 9.18 Å². The number of aromatic carboxylic acids is 1. The number of carbonyl (C=O) groups is 1. The maximum Gasteiger partial charge on any atom is 0.335 e. The van der Waals surface area contributed by atoms with Crippen molar-refractivity contribution in [3.05, 3.63) is 62.3 Å². The number of hydrogen-bond acceptors (Lipinski definition) is 2. The van der Waals surface area contributed by atoms with E-state index in [0.717, 1.165) is 6.07 Å². The first-order chi connectivity index (χ1) is 9.88. The summed E-state index contributed by atoms with van der Waals surface area (Å²) in [5.41, 5.74) is 0.0611. The second kappa shape index (κ2) is 6.52. The minimum absolute atomic E-state index is 0.122. The summed E-state index contributed by atoms with van der Waals surface area (Å²) in [6.07, 6.45) is 0. The van der Waals surface area contributed by atoms with Crippen molar-refractivity contribution in [2.75, 3.05) is 0 Å². The van der Waals surface area contributed by atoms with Gasteiger partial charge in [0, 0.05) is 11.6 Å². The van der Waals surface area contributed by atoms with Crippen LogP contribution < -0.4 is 4.74 Å². The largest absolute Gasteiger partial charge is 0.487 e. The average Bonchev–Trinajstić information content (AvgIpc) is 2.42. The summed E-state index contributed by atoms with van der Waals surface area (Å²) in [4.78, 5) is 10.7. The van der Waals surface area contributed by atoms with E-state index in [1.165, 1.54) is 24.3 Å². The van der Waals surface area contributed by atoms with Crippen LogP contribution in [-0.4, -0.2) is 11.1 Å². The van der Waals surface area contributed by atoms with E-state index < -0.39 is 11.8 Å². The highest BCUT2D eigenvalue weighted by Gasteiger charge is 2.11. The lowest BCUT2D eigenvalue weighted by molar-refractivity contribution is 0.0696. The highest BCUT2D eigenvalue weighted by molar-refractivity contribution is 6.43. The van der Waals surface area contributed by atoms with Gasteiger partial charge in [0.25, 0.3) is 0 Å². The SMILES string of the molecule is O=C(O)c1ccc(COc2cc(Cl)c(Cl)cc2Cl)c(F)c1. The molecular formula is C14H8Cl3FO3. The predicted molar refractivity (Wildman–Crippen MR) is 79.2 cm³/mol. The molecule has 21 heavy (non-hydrogen) atoms. The van der Waals surface area contributed by atoms with Gasteiger partial charge in [-0.05, 0) is 18.2 Å². The Morgan fingerprint density at radius 2 is 1.76 bits per heavy atom. The van der Waals surface area contributed by atoms with E-state index >= 15 is 0 Å². The van der Waals surface area contributed by atoms with Crippen molar-refractivity contribution in [3.8, 4) is 5.75 Å². The molecule has 0 aliphatic rings. The van der Waals surface area contributed by atoms with Crippen LogP contribution in [0.3, 0.4) is 0 Å². The lowest BCUT2D eigenvalue weighted by Crippen LogP contribution is -2.02. The second-order valence-corrected chi connectivity index (χ2v) is 5.32. The van der Waals surface area contributed by atoms with Gasteiger partial charge in [-0.25, -0.2) is 9.18 Å². The summed E-state index contributed by atoms with van der Waals surface area (Å²) >= 11 is 17.6. The van der Waals surface area contributed by atoms with Crippen LogP contribution in [0, 0.1) is 5.82 Å². The van der Waals surface area contributed by atoms with E-state index in [2.05, 4.69) is 0 Å². The van der Waals surface area contributed by atoms with Gasteiger partial charge in [-0.1, -0.05) is 40.9 Å². The van der Waals surface area contributed by atoms with Crippen molar-refractivity contribution in [1.29, 1.82) is 0 Å². The van der Waals surface area contributed by atoms with Gasteiger partial charge in [0.05, 0.1) is 20.6 Å². The zero-order valence-electron chi connectivity index (χ0n) is 10.4. The molecule has 0 amide bonds. The Hall–Kier alpha value is -1.49. The molecule has 0 spiro atoms. The molecule has 0 aromatic heterocycles. The Morgan fingerprint density at radius 3 is 2.38 bits per heavy atom. The Kier molecular flexibility index (Phi) is 4.93. The summed E-state index contributed by atoms with van der Waals surface area (Å²) in [6, 6.07) is 6.41. The van der Waals surface area contributed by atoms with Crippen molar-refractivity contribution in [2.24, 2.45) is 0 Å². The van der Waals surface area contributed by atoms with Crippen LogP contribution in [0.2, 0.25) is 15.1 Å². The molecule has 7 heteroatoms. The van der Waals surface area contributed by atoms with Crippen LogP contribution >= 0.6 is 34.8 Å². The molecule has 0 fully saturated rings. The number of carboxylic acid groups (broad SMARTS) is 1. The fraction of sp³-hybridized carbons (Fsp3) is 0.0714. The summed E-state index contributed by atoms with van der Waals surface area (Å²) in [5.74, 6) is -1.62. The van der Waals surface area contributed by atoms with Crippen LogP contribution in [0.4, 0.5) is 4.39 Å². The summed E-state index contributed by atoms with van der Waals surface area (Å²) < 4.78 is 19.1. The molecular weight excluding hydrogens is 342 g/mol. The second-order valence-electron chi connectivity index (χ2n) is 4.10. The Bertz CT molecular complexity index is 704. The third-order valence-corrected chi connectivity index (χ3v) is 3.68. The lowest BCUT2D eigenvalue weighted by atomic mass is 10.1. The van der Waals surface area contributed by atoms with Gasteiger partial charge in [-0.3, -0.25) is 0 Å². The number of carboxylic acids is 1. The van der Waals surface area contributed by atoms with Crippen LogP contribution in [0.1, 0.15) is 15.9 Å². The number of benzene rings is 2. The molecule has 0 saturated heterocycles. The molecule has 0 bridgehead atoms. The quantitative estimate of drug-likeness (QED) is 0.785. The van der Waals surface area contributed by atoms with Gasteiger partial charge in [0.15, 0.2) is 0 Å². The zero-order chi connectivity index (χ0) is 15.6. The fourth-order valence-corrected chi connectivity index (χ4v) is 2.16. The minimum Gasteiger partial charge on any atom is -0.487 e. The average molecular weight is 350 g/mol. The summed E-state index contributed by atoms with van der Waals surface area (Å²) in [5, 5.41) is 9.55. The third kappa shape index (κ3) is 3.79. The van der Waals surface area contributed by atoms with Gasteiger partial charge in [-0.2, -0.15) is 0 Å². The van der Waals surface area contributed by atoms with E-state index in [4.69, 9.17) is 44.6 Å². The summed E-state index contributed by atoms with van der Waals surface area (Å²) in [6.45, 7) is -0.122. The Morgan fingerprint density at radius 1 is 1.10 bits per heavy atom. The lowest BCUT2D eigenvalue weighted by Gasteiger charge is -2.10. The summed E-state index contributed by atoms with van der Waals surface area (Å²) in [7, 11) is 0. The molecule has 0 unspecified atom stereocenters. The molecule has 0 heterocycles. The number of hydrogen-bond donors (Lipinski definition) is 1. The monoisotopic (exact) mass is 348 g/mol. The third-order valence-electron chi connectivity index (χ3n) is 2.66. The molecule has 2 aromatic rings. The molecule has 0 aliphatic heterocycles. The van der Waals surface area contributed by atoms with Crippen molar-refractivity contribution < 1.29 is 19.0 Å². The first kappa shape index (κ1) is 15.9. The van der Waals surface area contributed by atoms with Crippen LogP contribution in [0.25, 0.3) is 0 Å². The van der Waals surface area contributed by atoms with Crippen LogP contribution in [-0.2, 0) is 6.61 Å². The molecule has 0 radical (unpaired) electrons. The Labute approximate surface area is 134 Å². The van der Waals surface area contributed by atoms with Gasteiger partial charge in [0.1, 0.15) is 18.2 Å². The van der Waals surface area contributed by atoms with Gasteiger partial charge in [-0.15, -0.1) is 0 Å². The van der Waals surface area contributed by atoms with Gasteiger partial charge < -0.3 is 9.84 Å². The topological polar surface area (TPSA) is 46.5 Å².